The standard InChI is InChI=1S/C7H15NO2/c1-6(5-8)7-9-3-2-4-10-7/h6-7H,2-5,8H2,1H3/t6-/m0/s1. The molecule has 1 atom stereocenters. The average Bonchev–Trinajstić information content (AvgIpc) is 2.05. The van der Waals surface area contributed by atoms with Crippen molar-refractivity contribution in [2.45, 2.75) is 19.6 Å². The summed E-state index contributed by atoms with van der Waals surface area (Å²) in [7, 11) is 0. The first-order chi connectivity index (χ1) is 4.84. The molecule has 0 saturated carbocycles. The maximum absolute atomic E-state index is 5.44. The molecule has 60 valence electrons. The van der Waals surface area contributed by atoms with Gasteiger partial charge in [0.15, 0.2) is 6.29 Å². The fourth-order valence-corrected chi connectivity index (χ4v) is 0.946. The Balaban J connectivity index is 2.24. The molecule has 0 aliphatic carbocycles. The molecule has 3 nitrogen and oxygen atoms in total. The second-order valence-corrected chi connectivity index (χ2v) is 2.68. The zero-order chi connectivity index (χ0) is 7.40. The summed E-state index contributed by atoms with van der Waals surface area (Å²) < 4.78 is 10.7. The Morgan fingerprint density at radius 3 is 2.60 bits per heavy atom. The van der Waals surface area contributed by atoms with Crippen molar-refractivity contribution in [3.8, 4) is 0 Å². The van der Waals surface area contributed by atoms with Crippen molar-refractivity contribution < 1.29 is 9.47 Å². The van der Waals surface area contributed by atoms with E-state index in [1.165, 1.54) is 0 Å². The molecule has 10 heavy (non-hydrogen) atoms. The molecule has 0 bridgehead atoms. The predicted molar refractivity (Wildman–Crippen MR) is 38.5 cm³/mol. The molecule has 0 aromatic rings. The number of hydrogen-bond donors (Lipinski definition) is 1. The molecule has 0 aromatic heterocycles. The van der Waals surface area contributed by atoms with Crippen LogP contribution in [0, 0.1) is 5.92 Å². The average molecular weight is 145 g/mol. The van der Waals surface area contributed by atoms with Crippen molar-refractivity contribution in [3.63, 3.8) is 0 Å². The maximum Gasteiger partial charge on any atom is 0.161 e. The molecule has 1 aliphatic rings. The molecule has 0 aromatic carbocycles. The molecule has 1 saturated heterocycles. The highest BCUT2D eigenvalue weighted by Crippen LogP contribution is 2.12. The summed E-state index contributed by atoms with van der Waals surface area (Å²) >= 11 is 0. The van der Waals surface area contributed by atoms with Crippen molar-refractivity contribution in [1.29, 1.82) is 0 Å². The largest absolute Gasteiger partial charge is 0.352 e. The zero-order valence-electron chi connectivity index (χ0n) is 6.38. The van der Waals surface area contributed by atoms with Gasteiger partial charge >= 0.3 is 0 Å². The quantitative estimate of drug-likeness (QED) is 0.609. The van der Waals surface area contributed by atoms with Crippen LogP contribution in [-0.4, -0.2) is 26.0 Å². The lowest BCUT2D eigenvalue weighted by molar-refractivity contribution is -0.200. The lowest BCUT2D eigenvalue weighted by Gasteiger charge is -2.27. The molecular formula is C7H15NO2. The van der Waals surface area contributed by atoms with E-state index >= 15 is 0 Å². The molecule has 3 heteroatoms. The minimum atomic E-state index is -0.0567. The van der Waals surface area contributed by atoms with Crippen molar-refractivity contribution in [2.75, 3.05) is 19.8 Å². The topological polar surface area (TPSA) is 44.5 Å². The SMILES string of the molecule is C[C@@H](CN)C1OCCCO1. The van der Waals surface area contributed by atoms with Gasteiger partial charge in [-0.25, -0.2) is 0 Å². The van der Waals surface area contributed by atoms with E-state index in [2.05, 4.69) is 0 Å². The van der Waals surface area contributed by atoms with E-state index in [1.807, 2.05) is 6.92 Å². The van der Waals surface area contributed by atoms with Gasteiger partial charge in [-0.3, -0.25) is 0 Å². The van der Waals surface area contributed by atoms with Gasteiger partial charge in [-0.05, 0) is 13.0 Å². The van der Waals surface area contributed by atoms with Crippen LogP contribution in [-0.2, 0) is 9.47 Å². The van der Waals surface area contributed by atoms with Crippen LogP contribution in [0.2, 0.25) is 0 Å². The van der Waals surface area contributed by atoms with Crippen LogP contribution < -0.4 is 5.73 Å². The lowest BCUT2D eigenvalue weighted by Crippen LogP contribution is -2.34. The van der Waals surface area contributed by atoms with Crippen LogP contribution in [0.25, 0.3) is 0 Å². The van der Waals surface area contributed by atoms with Gasteiger partial charge in [0.2, 0.25) is 0 Å². The van der Waals surface area contributed by atoms with Crippen LogP contribution in [0.5, 0.6) is 0 Å². The second kappa shape index (κ2) is 3.91. The van der Waals surface area contributed by atoms with Gasteiger partial charge < -0.3 is 15.2 Å². The Morgan fingerprint density at radius 1 is 1.50 bits per heavy atom. The van der Waals surface area contributed by atoms with Crippen LogP contribution in [0.4, 0.5) is 0 Å². The van der Waals surface area contributed by atoms with Crippen LogP contribution >= 0.6 is 0 Å². The molecule has 1 heterocycles. The van der Waals surface area contributed by atoms with Crippen LogP contribution in [0.3, 0.4) is 0 Å². The Hall–Kier alpha value is -0.120. The smallest absolute Gasteiger partial charge is 0.161 e. The van der Waals surface area contributed by atoms with Crippen molar-refractivity contribution >= 4 is 0 Å². The van der Waals surface area contributed by atoms with E-state index < -0.39 is 0 Å². The maximum atomic E-state index is 5.44. The minimum Gasteiger partial charge on any atom is -0.352 e. The summed E-state index contributed by atoms with van der Waals surface area (Å²) in [5, 5.41) is 0. The van der Waals surface area contributed by atoms with Crippen LogP contribution in [0.15, 0.2) is 0 Å². The van der Waals surface area contributed by atoms with Crippen molar-refractivity contribution in [2.24, 2.45) is 11.7 Å². The normalized spacial score (nSPS) is 24.6. The summed E-state index contributed by atoms with van der Waals surface area (Å²) in [6.45, 7) is 4.30. The summed E-state index contributed by atoms with van der Waals surface area (Å²) in [4.78, 5) is 0. The first kappa shape index (κ1) is 7.98. The molecular weight excluding hydrogens is 130 g/mol. The molecule has 0 amide bonds. The van der Waals surface area contributed by atoms with Gasteiger partial charge in [0.05, 0.1) is 13.2 Å². The fraction of sp³-hybridized carbons (Fsp3) is 1.00. The summed E-state index contributed by atoms with van der Waals surface area (Å²) in [6, 6.07) is 0. The van der Waals surface area contributed by atoms with E-state index in [0.717, 1.165) is 19.6 Å². The van der Waals surface area contributed by atoms with Gasteiger partial charge in [-0.2, -0.15) is 0 Å². The first-order valence-electron chi connectivity index (χ1n) is 3.78. The predicted octanol–water partition coefficient (Wildman–Crippen LogP) is 0.344. The van der Waals surface area contributed by atoms with Gasteiger partial charge in [-0.1, -0.05) is 6.92 Å². The third-order valence-electron chi connectivity index (χ3n) is 1.69. The van der Waals surface area contributed by atoms with E-state index in [9.17, 15) is 0 Å². The number of rotatable bonds is 2. The fourth-order valence-electron chi connectivity index (χ4n) is 0.946. The molecule has 0 unspecified atom stereocenters. The Labute approximate surface area is 61.5 Å². The van der Waals surface area contributed by atoms with Crippen molar-refractivity contribution in [3.05, 3.63) is 0 Å². The second-order valence-electron chi connectivity index (χ2n) is 2.68. The van der Waals surface area contributed by atoms with Gasteiger partial charge in [-0.15, -0.1) is 0 Å². The van der Waals surface area contributed by atoms with E-state index in [1.54, 1.807) is 0 Å². The lowest BCUT2D eigenvalue weighted by atomic mass is 10.1. The summed E-state index contributed by atoms with van der Waals surface area (Å²) in [5.74, 6) is 0.320. The van der Waals surface area contributed by atoms with E-state index in [4.69, 9.17) is 15.2 Å². The summed E-state index contributed by atoms with van der Waals surface area (Å²) in [6.07, 6.45) is 0.951. The number of nitrogens with two attached hydrogens (primary N) is 1. The molecule has 1 aliphatic heterocycles. The highest BCUT2D eigenvalue weighted by Gasteiger charge is 2.19. The molecule has 2 N–H and O–H groups in total. The number of ether oxygens (including phenoxy) is 2. The van der Waals surface area contributed by atoms with Gasteiger partial charge in [0, 0.05) is 5.92 Å². The van der Waals surface area contributed by atoms with E-state index in [-0.39, 0.29) is 6.29 Å². The molecule has 0 spiro atoms. The van der Waals surface area contributed by atoms with Crippen LogP contribution in [0.1, 0.15) is 13.3 Å². The zero-order valence-corrected chi connectivity index (χ0v) is 6.38. The van der Waals surface area contributed by atoms with Gasteiger partial charge in [0.25, 0.3) is 0 Å². The van der Waals surface area contributed by atoms with E-state index in [0.29, 0.717) is 12.5 Å². The monoisotopic (exact) mass is 145 g/mol. The minimum absolute atomic E-state index is 0.0567. The molecule has 1 rings (SSSR count). The van der Waals surface area contributed by atoms with Crippen molar-refractivity contribution in [1.82, 2.24) is 0 Å². The first-order valence-corrected chi connectivity index (χ1v) is 3.78. The summed E-state index contributed by atoms with van der Waals surface area (Å²) in [5.41, 5.74) is 5.44. The van der Waals surface area contributed by atoms with Gasteiger partial charge in [0.1, 0.15) is 0 Å². The number of hydrogen-bond acceptors (Lipinski definition) is 3. The third kappa shape index (κ3) is 1.94. The Kier molecular flexibility index (Phi) is 3.12. The highest BCUT2D eigenvalue weighted by molar-refractivity contribution is 4.60. The molecule has 1 fully saturated rings. The highest BCUT2D eigenvalue weighted by atomic mass is 16.7. The Bertz CT molecular complexity index is 91.6. The molecule has 0 radical (unpaired) electrons. The third-order valence-corrected chi connectivity index (χ3v) is 1.69. The Morgan fingerprint density at radius 2 is 2.10 bits per heavy atom.